The predicted octanol–water partition coefficient (Wildman–Crippen LogP) is 3.84. The van der Waals surface area contributed by atoms with Gasteiger partial charge in [-0.05, 0) is 144 Å². The maximum absolute atomic E-state index is 13.5. The molecule has 7 aliphatic rings. The van der Waals surface area contributed by atoms with Gasteiger partial charge in [0.25, 0.3) is 47.3 Å². The zero-order valence-electron chi connectivity index (χ0n) is 76.3. The molecule has 2 unspecified atom stereocenters. The van der Waals surface area contributed by atoms with Gasteiger partial charge in [0.1, 0.15) is 54.3 Å². The molecule has 0 radical (unpaired) electrons. The van der Waals surface area contributed by atoms with Gasteiger partial charge < -0.3 is 99.2 Å². The Hall–Kier alpha value is -12.8. The van der Waals surface area contributed by atoms with Gasteiger partial charge in [0.2, 0.25) is 40.7 Å². The van der Waals surface area contributed by atoms with E-state index in [1.54, 1.807) is 48.5 Å². The molecule has 7 heterocycles. The number of aliphatic carboxylic acids is 1. The van der Waals surface area contributed by atoms with Crippen LogP contribution in [-0.4, -0.2) is 306 Å². The van der Waals surface area contributed by atoms with Crippen LogP contribution in [-0.2, 0) is 126 Å². The summed E-state index contributed by atoms with van der Waals surface area (Å²) in [4.78, 5) is 206. The predicted molar refractivity (Wildman–Crippen MR) is 506 cm³/mol. The van der Waals surface area contributed by atoms with E-state index in [-0.39, 0.29) is 233 Å². The number of halogens is 4. The van der Waals surface area contributed by atoms with Crippen molar-refractivity contribution in [2.24, 2.45) is 5.73 Å². The number of imide groups is 4. The van der Waals surface area contributed by atoms with E-state index in [1.165, 1.54) is 46.2 Å². The SMILES string of the molecule is C.NCCOCCOCCOCCOCCOCC(=O)Cc1ccc2c(c1)C(=O)N(C1CCC(=O)NC1=O)C2=O.O=C(O)C1=Cc2cc(N3CC[C@](O)(C(=O)CCc4cc(F)cc(F)c4)C3=O)ccc2C1.O=C1CCC(N2C(=O)c3ccc(NC(=O)COCCOCCOCCOCCOCCNC(=O)c4cc5cc(N6CC[C@](O)(C(=O)NCc7cc(F)cc(F)c7)C6=O)ccc5[nH]4)cc3C2=O)C(=O)N1.S.S. The van der Waals surface area contributed by atoms with Crippen molar-refractivity contribution in [1.82, 2.24) is 36.1 Å². The fourth-order valence-electron chi connectivity index (χ4n) is 15.8. The lowest BCUT2D eigenvalue weighted by molar-refractivity contribution is -0.150. The summed E-state index contributed by atoms with van der Waals surface area (Å²) in [6.45, 7) is 6.23. The number of carboxylic acids is 1. The number of aryl methyl sites for hydroxylation is 1. The Kier molecular flexibility index (Phi) is 42.8. The fraction of sp³-hybridized carbons (Fsp3) is 0.417. The third-order valence-electron chi connectivity index (χ3n) is 22.9. The number of nitrogens with two attached hydrogens (primary N) is 1. The van der Waals surface area contributed by atoms with Gasteiger partial charge in [0.15, 0.2) is 11.6 Å². The molecule has 46 heteroatoms. The normalized spacial score (nSPS) is 17.8. The molecule has 13 amide bonds. The number of nitrogens with zero attached hydrogens (tertiary/aromatic N) is 4. The van der Waals surface area contributed by atoms with Crippen LogP contribution in [0.25, 0.3) is 17.0 Å². The van der Waals surface area contributed by atoms with Crippen molar-refractivity contribution in [3.63, 3.8) is 0 Å². The highest BCUT2D eigenvalue weighted by molar-refractivity contribution is 7.59. The fourth-order valence-corrected chi connectivity index (χ4v) is 15.8. The van der Waals surface area contributed by atoms with Crippen molar-refractivity contribution in [3.05, 3.63) is 200 Å². The molecule has 6 aromatic carbocycles. The molecule has 0 bridgehead atoms. The van der Waals surface area contributed by atoms with Crippen LogP contribution < -0.4 is 42.1 Å². The largest absolute Gasteiger partial charge is 0.478 e. The minimum absolute atomic E-state index is 0. The number of aromatic nitrogens is 1. The number of fused-ring (bicyclic) bond motifs is 4. The first-order valence-corrected chi connectivity index (χ1v) is 44.6. The maximum Gasteiger partial charge on any atom is 0.331 e. The van der Waals surface area contributed by atoms with E-state index in [2.05, 4.69) is 31.6 Å². The van der Waals surface area contributed by atoms with Crippen molar-refractivity contribution in [3.8, 4) is 0 Å². The second-order valence-corrected chi connectivity index (χ2v) is 32.6. The number of carbonyl (C=O) groups is 16. The van der Waals surface area contributed by atoms with Crippen LogP contribution in [0.2, 0.25) is 0 Å². The van der Waals surface area contributed by atoms with E-state index < -0.39 is 129 Å². The maximum atomic E-state index is 13.5. The number of ketones is 2. The molecule has 14 rings (SSSR count). The van der Waals surface area contributed by atoms with Crippen LogP contribution in [0.1, 0.15) is 132 Å². The Morgan fingerprint density at radius 2 is 0.951 bits per heavy atom. The molecule has 4 atom stereocenters. The quantitative estimate of drug-likeness (QED) is 0.0112. The molecule has 764 valence electrons. The minimum Gasteiger partial charge on any atom is -0.478 e. The topological polar surface area (TPSA) is 541 Å². The minimum atomic E-state index is -2.38. The second-order valence-electron chi connectivity index (χ2n) is 32.6. The Morgan fingerprint density at radius 1 is 0.486 bits per heavy atom. The number of amides is 13. The number of benzene rings is 6. The molecule has 0 saturated carbocycles. The average molecular weight is 2020 g/mol. The van der Waals surface area contributed by atoms with Crippen LogP contribution in [0, 0.1) is 23.3 Å². The van der Waals surface area contributed by atoms with E-state index >= 15 is 0 Å². The van der Waals surface area contributed by atoms with Gasteiger partial charge in [-0.25, -0.2) is 22.4 Å². The molecular formula is C96H111F4N11O29S2. The zero-order valence-corrected chi connectivity index (χ0v) is 78.3. The summed E-state index contributed by atoms with van der Waals surface area (Å²) >= 11 is 0. The first-order valence-electron chi connectivity index (χ1n) is 44.6. The number of piperidine rings is 2. The summed E-state index contributed by atoms with van der Waals surface area (Å²) < 4.78 is 108. The van der Waals surface area contributed by atoms with Crippen molar-refractivity contribution in [2.75, 3.05) is 173 Å². The van der Waals surface area contributed by atoms with Crippen molar-refractivity contribution in [1.29, 1.82) is 0 Å². The molecule has 4 fully saturated rings. The highest BCUT2D eigenvalue weighted by Gasteiger charge is 2.54. The summed E-state index contributed by atoms with van der Waals surface area (Å²) in [5.41, 5.74) is 5.85. The number of anilines is 3. The molecule has 1 aliphatic carbocycles. The summed E-state index contributed by atoms with van der Waals surface area (Å²) in [6, 6.07) is 23.9. The number of aliphatic hydroxyl groups is 2. The monoisotopic (exact) mass is 2020 g/mol. The van der Waals surface area contributed by atoms with Crippen LogP contribution in [0.15, 0.2) is 121 Å². The number of carboxylic acid groups (broad SMARTS) is 1. The van der Waals surface area contributed by atoms with Gasteiger partial charge in [-0.1, -0.05) is 19.6 Å². The van der Waals surface area contributed by atoms with E-state index in [1.807, 2.05) is 0 Å². The van der Waals surface area contributed by atoms with Crippen molar-refractivity contribution >= 4 is 155 Å². The third kappa shape index (κ3) is 29.9. The van der Waals surface area contributed by atoms with Crippen molar-refractivity contribution < 1.29 is 157 Å². The number of hydrogen-bond donors (Lipinski definition) is 10. The molecule has 11 N–H and O–H groups in total. The number of Topliss-reactive ketones (excluding diaryl/α,β-unsaturated/α-hetero) is 2. The number of nitrogens with one attached hydrogen (secondary N) is 6. The number of ether oxygens (including phenoxy) is 10. The molecule has 142 heavy (non-hydrogen) atoms. The standard InChI is InChI=1S/C46H49F2N7O14.C26H35N3O10.C23H19F2NO5.CH4.2H2S/c47-29-19-27(20-30(48)23-29)25-50-44(62)46(64)7-9-54(45(46)63)32-2-4-35-28(21-32)22-36(52-35)40(58)49-8-10-65-11-12-66-13-14-67-15-16-68-17-18-69-26-39(57)51-31-1-3-33-34(24-31)43(61)55(42(33)60)37-5-6-38(56)53-41(37)59;27-5-6-35-7-8-36-9-10-37-11-12-38-13-14-39-17-19(30)15-18-1-2-20-21(16-18)26(34)29(25(20)33)22-3-4-23(31)28-24(22)32;24-17-7-13(8-18(25)12-17)1-4-20(27)23(31)5-6-26(22(23)30)19-3-2-14-9-16(21(28)29)10-15(14)11-19;;;/h1-4,19-24,37,52,64H,5-18,25-26H2,(H,49,58)(H,50,62)(H,51,57)(H,53,56,59);1-2,16,22H,3-15,17,27H2,(H,28,31,32);2-3,7-8,10-12,31H,1,4-6,9H2,(H,28,29);1H4;2*1H2/t37?,46-;;23-;;;/m0.0.../s1. The summed E-state index contributed by atoms with van der Waals surface area (Å²) in [5, 5.41) is 43.6. The Morgan fingerprint density at radius 3 is 1.48 bits per heavy atom. The molecule has 40 nitrogen and oxygen atoms in total. The Balaban J connectivity index is 0.000000260. The molecule has 7 aromatic rings. The van der Waals surface area contributed by atoms with Gasteiger partial charge in [-0.15, -0.1) is 0 Å². The lowest BCUT2D eigenvalue weighted by Crippen LogP contribution is -2.54. The summed E-state index contributed by atoms with van der Waals surface area (Å²) in [5.74, 6) is -13.4. The first-order chi connectivity index (χ1) is 66.8. The third-order valence-corrected chi connectivity index (χ3v) is 22.9. The van der Waals surface area contributed by atoms with Crippen LogP contribution in [0.5, 0.6) is 0 Å². The van der Waals surface area contributed by atoms with E-state index in [0.717, 1.165) is 45.7 Å². The number of aromatic amines is 1. The lowest BCUT2D eigenvalue weighted by Gasteiger charge is -2.27. The molecule has 0 spiro atoms. The average Bonchev–Trinajstić information content (AvgIpc) is 1.62. The smallest absolute Gasteiger partial charge is 0.331 e. The number of carbonyl (C=O) groups excluding carboxylic acids is 15. The Bertz CT molecular complexity index is 5810. The Labute approximate surface area is 824 Å². The molecule has 4 saturated heterocycles. The van der Waals surface area contributed by atoms with E-state index in [0.29, 0.717) is 132 Å². The first kappa shape index (κ1) is 113. The summed E-state index contributed by atoms with van der Waals surface area (Å²) in [7, 11) is 0. The number of rotatable bonds is 49. The van der Waals surface area contributed by atoms with Crippen LogP contribution in [0.4, 0.5) is 34.6 Å². The number of H-pyrrole nitrogens is 1. The highest BCUT2D eigenvalue weighted by Crippen LogP contribution is 2.37. The second kappa shape index (κ2) is 53.9. The van der Waals surface area contributed by atoms with Crippen molar-refractivity contribution in [2.45, 2.75) is 101 Å². The zero-order chi connectivity index (χ0) is 99.5. The molecule has 6 aliphatic heterocycles. The van der Waals surface area contributed by atoms with Gasteiger partial charge in [0, 0.05) is 123 Å². The van der Waals surface area contributed by atoms with Gasteiger partial charge in [0.05, 0.1) is 141 Å². The van der Waals surface area contributed by atoms with Crippen LogP contribution >= 0.6 is 27.0 Å². The van der Waals surface area contributed by atoms with Gasteiger partial charge in [-0.3, -0.25) is 92.4 Å². The number of hydrogen-bond acceptors (Lipinski definition) is 29. The summed E-state index contributed by atoms with van der Waals surface area (Å²) in [6.07, 6.45) is 1.45. The molecular weight excluding hydrogens is 1910 g/mol. The lowest BCUT2D eigenvalue weighted by atomic mass is 9.92. The van der Waals surface area contributed by atoms with E-state index in [4.69, 9.17) is 58.2 Å². The van der Waals surface area contributed by atoms with Crippen LogP contribution in [0.3, 0.4) is 0 Å². The van der Waals surface area contributed by atoms with Gasteiger partial charge in [-0.2, -0.15) is 27.0 Å². The van der Waals surface area contributed by atoms with Gasteiger partial charge >= 0.3 is 5.97 Å². The molecule has 1 aromatic heterocycles. The van der Waals surface area contributed by atoms with E-state index in [9.17, 15) is 104 Å². The highest BCUT2D eigenvalue weighted by atomic mass is 32.1.